The second-order valence-corrected chi connectivity index (χ2v) is 5.19. The number of nitrogens with one attached hydrogen (secondary N) is 1. The van der Waals surface area contributed by atoms with Crippen molar-refractivity contribution in [2.24, 2.45) is 5.73 Å². The van der Waals surface area contributed by atoms with Crippen LogP contribution in [0.15, 0.2) is 36.8 Å². The van der Waals surface area contributed by atoms with E-state index in [4.69, 9.17) is 15.2 Å². The normalized spacial score (nSPS) is 15.1. The van der Waals surface area contributed by atoms with Crippen molar-refractivity contribution in [2.45, 2.75) is 18.9 Å². The summed E-state index contributed by atoms with van der Waals surface area (Å²) in [5, 5.41) is 3.10. The van der Waals surface area contributed by atoms with Gasteiger partial charge in [0.2, 0.25) is 0 Å². The van der Waals surface area contributed by atoms with Gasteiger partial charge in [0.1, 0.15) is 24.0 Å². The molecule has 0 radical (unpaired) electrons. The van der Waals surface area contributed by atoms with Gasteiger partial charge in [-0.1, -0.05) is 6.07 Å². The highest BCUT2D eigenvalue weighted by atomic mass is 16.5. The van der Waals surface area contributed by atoms with Crippen molar-refractivity contribution >= 4 is 17.4 Å². The fraction of sp³-hybridized carbons (Fsp3) is 0.312. The van der Waals surface area contributed by atoms with Gasteiger partial charge >= 0.3 is 0 Å². The average Bonchev–Trinajstić information content (AvgIpc) is 2.58. The summed E-state index contributed by atoms with van der Waals surface area (Å²) >= 11 is 0. The van der Waals surface area contributed by atoms with E-state index in [1.807, 2.05) is 6.07 Å². The highest BCUT2D eigenvalue weighted by molar-refractivity contribution is 6.00. The molecule has 3 N–H and O–H groups in total. The Morgan fingerprint density at radius 3 is 2.83 bits per heavy atom. The summed E-state index contributed by atoms with van der Waals surface area (Å²) in [7, 11) is 0. The van der Waals surface area contributed by atoms with Crippen LogP contribution in [0.4, 0.5) is 11.5 Å². The quantitative estimate of drug-likeness (QED) is 0.874. The number of rotatable bonds is 5. The summed E-state index contributed by atoms with van der Waals surface area (Å²) in [6, 6.07) is 6.92. The maximum atomic E-state index is 11.7. The molecule has 0 saturated carbocycles. The SMILES string of the molecule is NC(=O)c1cccc(OC2CCOCC2)c1Nc1ccncn1. The number of hydrogen-bond acceptors (Lipinski definition) is 6. The van der Waals surface area contributed by atoms with Crippen molar-refractivity contribution < 1.29 is 14.3 Å². The number of benzene rings is 1. The molecular formula is C16H18N4O3. The number of para-hydroxylation sites is 1. The third kappa shape index (κ3) is 3.75. The fourth-order valence-electron chi connectivity index (χ4n) is 2.43. The van der Waals surface area contributed by atoms with E-state index in [2.05, 4.69) is 15.3 Å². The van der Waals surface area contributed by atoms with Gasteiger partial charge in [0.15, 0.2) is 0 Å². The second kappa shape index (κ2) is 7.06. The largest absolute Gasteiger partial charge is 0.488 e. The number of anilines is 2. The zero-order valence-corrected chi connectivity index (χ0v) is 12.6. The van der Waals surface area contributed by atoms with Crippen molar-refractivity contribution in [3.05, 3.63) is 42.4 Å². The first-order valence-electron chi connectivity index (χ1n) is 7.44. The van der Waals surface area contributed by atoms with Crippen LogP contribution < -0.4 is 15.8 Å². The molecule has 2 heterocycles. The summed E-state index contributed by atoms with van der Waals surface area (Å²) < 4.78 is 11.4. The minimum absolute atomic E-state index is 0.0535. The predicted octanol–water partition coefficient (Wildman–Crippen LogP) is 1.88. The van der Waals surface area contributed by atoms with Gasteiger partial charge in [0.25, 0.3) is 5.91 Å². The molecule has 0 aliphatic carbocycles. The lowest BCUT2D eigenvalue weighted by atomic mass is 10.1. The van der Waals surface area contributed by atoms with Crippen molar-refractivity contribution in [3.63, 3.8) is 0 Å². The number of primary amides is 1. The number of carbonyl (C=O) groups excluding carboxylic acids is 1. The lowest BCUT2D eigenvalue weighted by molar-refractivity contribution is 0.0258. The van der Waals surface area contributed by atoms with Gasteiger partial charge in [-0.25, -0.2) is 9.97 Å². The van der Waals surface area contributed by atoms with E-state index >= 15 is 0 Å². The maximum absolute atomic E-state index is 11.7. The molecule has 1 saturated heterocycles. The van der Waals surface area contributed by atoms with Crippen LogP contribution in [0.2, 0.25) is 0 Å². The number of ether oxygens (including phenoxy) is 2. The lowest BCUT2D eigenvalue weighted by Gasteiger charge is -2.25. The number of nitrogens with two attached hydrogens (primary N) is 1. The van der Waals surface area contributed by atoms with E-state index in [9.17, 15) is 4.79 Å². The molecule has 7 heteroatoms. The summed E-state index contributed by atoms with van der Waals surface area (Å²) in [5.41, 5.74) is 6.36. The van der Waals surface area contributed by atoms with E-state index in [1.54, 1.807) is 24.4 Å². The van der Waals surface area contributed by atoms with Crippen LogP contribution in [0, 0.1) is 0 Å². The Bertz CT molecular complexity index is 672. The third-order valence-electron chi connectivity index (χ3n) is 3.59. The second-order valence-electron chi connectivity index (χ2n) is 5.19. The minimum Gasteiger partial charge on any atom is -0.488 e. The van der Waals surface area contributed by atoms with E-state index in [1.165, 1.54) is 6.33 Å². The van der Waals surface area contributed by atoms with Crippen LogP contribution in [0.1, 0.15) is 23.2 Å². The first-order chi connectivity index (χ1) is 11.2. The van der Waals surface area contributed by atoms with Gasteiger partial charge in [-0.15, -0.1) is 0 Å². The Hall–Kier alpha value is -2.67. The minimum atomic E-state index is -0.529. The molecular weight excluding hydrogens is 296 g/mol. The van der Waals surface area contributed by atoms with Crippen LogP contribution >= 0.6 is 0 Å². The predicted molar refractivity (Wildman–Crippen MR) is 84.7 cm³/mol. The van der Waals surface area contributed by atoms with Gasteiger partial charge in [-0.2, -0.15) is 0 Å². The topological polar surface area (TPSA) is 99.4 Å². The number of hydrogen-bond donors (Lipinski definition) is 2. The Labute approximate surface area is 133 Å². The molecule has 1 aliphatic rings. The van der Waals surface area contributed by atoms with Crippen molar-refractivity contribution in [1.82, 2.24) is 9.97 Å². The van der Waals surface area contributed by atoms with Gasteiger partial charge < -0.3 is 20.5 Å². The van der Waals surface area contributed by atoms with E-state index < -0.39 is 5.91 Å². The molecule has 1 aliphatic heterocycles. The average molecular weight is 314 g/mol. The summed E-state index contributed by atoms with van der Waals surface area (Å²) in [6.07, 6.45) is 4.72. The van der Waals surface area contributed by atoms with Gasteiger partial charge in [-0.3, -0.25) is 4.79 Å². The lowest BCUT2D eigenvalue weighted by Crippen LogP contribution is -2.26. The molecule has 1 aromatic heterocycles. The first kappa shape index (κ1) is 15.2. The van der Waals surface area contributed by atoms with Gasteiger partial charge in [-0.05, 0) is 18.2 Å². The highest BCUT2D eigenvalue weighted by Gasteiger charge is 2.20. The zero-order valence-electron chi connectivity index (χ0n) is 12.6. The van der Waals surface area contributed by atoms with Crippen LogP contribution in [-0.2, 0) is 4.74 Å². The van der Waals surface area contributed by atoms with Crippen LogP contribution in [0.5, 0.6) is 5.75 Å². The Balaban J connectivity index is 1.91. The van der Waals surface area contributed by atoms with Crippen LogP contribution in [-0.4, -0.2) is 35.2 Å². The molecule has 0 atom stereocenters. The monoisotopic (exact) mass is 314 g/mol. The third-order valence-corrected chi connectivity index (χ3v) is 3.59. The van der Waals surface area contributed by atoms with Crippen molar-refractivity contribution in [3.8, 4) is 5.75 Å². The van der Waals surface area contributed by atoms with E-state index in [-0.39, 0.29) is 6.10 Å². The first-order valence-corrected chi connectivity index (χ1v) is 7.44. The zero-order chi connectivity index (χ0) is 16.1. The van der Waals surface area contributed by atoms with Gasteiger partial charge in [0.05, 0.1) is 24.5 Å². The summed E-state index contributed by atoms with van der Waals surface area (Å²) in [4.78, 5) is 19.7. The molecule has 7 nitrogen and oxygen atoms in total. The number of aromatic nitrogens is 2. The number of amides is 1. The summed E-state index contributed by atoms with van der Waals surface area (Å²) in [6.45, 7) is 1.35. The standard InChI is InChI=1S/C16H18N4O3/c17-16(21)12-2-1-3-13(23-11-5-8-22-9-6-11)15(12)20-14-4-7-18-10-19-14/h1-4,7,10-11H,5-6,8-9H2,(H2,17,21)(H,18,19,20). The smallest absolute Gasteiger partial charge is 0.250 e. The molecule has 0 bridgehead atoms. The molecule has 3 rings (SSSR count). The molecule has 0 spiro atoms. The molecule has 1 aromatic carbocycles. The van der Waals surface area contributed by atoms with Crippen LogP contribution in [0.25, 0.3) is 0 Å². The molecule has 2 aromatic rings. The molecule has 120 valence electrons. The Morgan fingerprint density at radius 1 is 1.30 bits per heavy atom. The van der Waals surface area contributed by atoms with E-state index in [0.717, 1.165) is 12.8 Å². The molecule has 1 fully saturated rings. The van der Waals surface area contributed by atoms with Crippen molar-refractivity contribution in [1.29, 1.82) is 0 Å². The van der Waals surface area contributed by atoms with E-state index in [0.29, 0.717) is 36.0 Å². The molecule has 23 heavy (non-hydrogen) atoms. The number of carbonyl (C=O) groups is 1. The Morgan fingerprint density at radius 2 is 2.13 bits per heavy atom. The fourth-order valence-corrected chi connectivity index (χ4v) is 2.43. The molecule has 0 unspecified atom stereocenters. The van der Waals surface area contributed by atoms with Crippen LogP contribution in [0.3, 0.4) is 0 Å². The van der Waals surface area contributed by atoms with Crippen molar-refractivity contribution in [2.75, 3.05) is 18.5 Å². The highest BCUT2D eigenvalue weighted by Crippen LogP contribution is 2.32. The van der Waals surface area contributed by atoms with Gasteiger partial charge in [0, 0.05) is 19.0 Å². The summed E-state index contributed by atoms with van der Waals surface area (Å²) in [5.74, 6) is 0.608. The number of nitrogens with zero attached hydrogens (tertiary/aromatic N) is 2. The molecule has 1 amide bonds. The maximum Gasteiger partial charge on any atom is 0.250 e. The Kier molecular flexibility index (Phi) is 4.68.